The summed E-state index contributed by atoms with van der Waals surface area (Å²) in [7, 11) is -9.83. The van der Waals surface area contributed by atoms with Gasteiger partial charge in [-0.15, -0.1) is 20.5 Å². The first kappa shape index (κ1) is 33.8. The average Bonchev–Trinajstić information content (AvgIpc) is 3.04. The van der Waals surface area contributed by atoms with Crippen LogP contribution in [0.1, 0.15) is 0 Å². The maximum atomic E-state index is 15.1. The quantitative estimate of drug-likeness (QED) is 0.0529. The Labute approximate surface area is 281 Å². The molecule has 18 heteroatoms. The number of nitrogen functional groups attached to an aromatic ring is 2. The molecular weight excluding hydrogens is 699 g/mol. The Hall–Kier alpha value is -6.08. The smallest absolute Gasteiger partial charge is 0.296 e. The second kappa shape index (κ2) is 12.4. The number of fused-ring (bicyclic) bond motifs is 2. The van der Waals surface area contributed by atoms with Gasteiger partial charge in [-0.25, -0.2) is 8.78 Å². The highest BCUT2D eigenvalue weighted by molar-refractivity contribution is 7.86. The molecule has 0 fully saturated rings. The molecule has 0 unspecified atom stereocenters. The highest BCUT2D eigenvalue weighted by atomic mass is 32.2. The number of phenolic OH excluding ortho intramolecular Hbond substituents is 2. The Kier molecular flexibility index (Phi) is 8.40. The van der Waals surface area contributed by atoms with E-state index in [0.717, 1.165) is 36.4 Å². The van der Waals surface area contributed by atoms with Gasteiger partial charge < -0.3 is 21.7 Å². The number of azo groups is 2. The van der Waals surface area contributed by atoms with Crippen LogP contribution in [-0.2, 0) is 20.2 Å². The molecule has 0 aromatic heterocycles. The van der Waals surface area contributed by atoms with E-state index in [1.807, 2.05) is 0 Å². The van der Waals surface area contributed by atoms with E-state index in [2.05, 4.69) is 20.5 Å². The molecule has 0 heterocycles. The zero-order valence-corrected chi connectivity index (χ0v) is 26.7. The largest absolute Gasteiger partial charge is 0.505 e. The van der Waals surface area contributed by atoms with Crippen molar-refractivity contribution >= 4 is 75.9 Å². The molecule has 8 N–H and O–H groups in total. The Bertz CT molecular complexity index is 2690. The first-order valence-electron chi connectivity index (χ1n) is 14.0. The van der Waals surface area contributed by atoms with E-state index in [-0.39, 0.29) is 44.0 Å². The summed E-state index contributed by atoms with van der Waals surface area (Å²) < 4.78 is 97.9. The van der Waals surface area contributed by atoms with Gasteiger partial charge in [-0.2, -0.15) is 16.8 Å². The highest BCUT2D eigenvalue weighted by Crippen LogP contribution is 2.44. The van der Waals surface area contributed by atoms with Gasteiger partial charge in [-0.3, -0.25) is 9.11 Å². The lowest BCUT2D eigenvalue weighted by Gasteiger charge is -2.10. The van der Waals surface area contributed by atoms with Gasteiger partial charge in [-0.1, -0.05) is 18.2 Å². The number of hydrogen-bond acceptors (Lipinski definition) is 12. The second-order valence-electron chi connectivity index (χ2n) is 10.8. The van der Waals surface area contributed by atoms with E-state index in [9.17, 15) is 36.2 Å². The summed E-state index contributed by atoms with van der Waals surface area (Å²) in [6.07, 6.45) is 0. The molecule has 0 aliphatic rings. The number of nitrogens with two attached hydrogens (primary N) is 2. The first-order valence-corrected chi connectivity index (χ1v) is 16.9. The lowest BCUT2D eigenvalue weighted by atomic mass is 10.0. The molecule has 0 amide bonds. The number of benzene rings is 6. The van der Waals surface area contributed by atoms with E-state index in [0.29, 0.717) is 0 Å². The van der Waals surface area contributed by atoms with Gasteiger partial charge in [0.15, 0.2) is 23.1 Å². The van der Waals surface area contributed by atoms with Crippen molar-refractivity contribution in [2.45, 2.75) is 9.79 Å². The summed E-state index contributed by atoms with van der Waals surface area (Å²) in [4.78, 5) is -1.58. The number of hydrogen-bond donors (Lipinski definition) is 6. The van der Waals surface area contributed by atoms with E-state index in [1.54, 1.807) is 0 Å². The Morgan fingerprint density at radius 3 is 1.48 bits per heavy atom. The van der Waals surface area contributed by atoms with Gasteiger partial charge in [0.1, 0.15) is 32.5 Å². The van der Waals surface area contributed by atoms with Gasteiger partial charge in [-0.05, 0) is 88.6 Å². The summed E-state index contributed by atoms with van der Waals surface area (Å²) in [6.45, 7) is 0. The third kappa shape index (κ3) is 6.50. The number of halogens is 2. The Morgan fingerprint density at radius 1 is 0.520 bits per heavy atom. The first-order chi connectivity index (χ1) is 23.5. The third-order valence-electron chi connectivity index (χ3n) is 7.45. The minimum Gasteiger partial charge on any atom is -0.505 e. The van der Waals surface area contributed by atoms with E-state index >= 15 is 8.78 Å². The summed E-state index contributed by atoms with van der Waals surface area (Å²) in [5, 5.41) is 36.9. The van der Waals surface area contributed by atoms with Crippen molar-refractivity contribution in [1.29, 1.82) is 0 Å². The van der Waals surface area contributed by atoms with Gasteiger partial charge in [0.2, 0.25) is 0 Å². The molecule has 0 spiro atoms. The molecule has 14 nitrogen and oxygen atoms in total. The van der Waals surface area contributed by atoms with Crippen LogP contribution in [0.2, 0.25) is 0 Å². The van der Waals surface area contributed by atoms with Crippen LogP contribution >= 0.6 is 0 Å². The zero-order chi connectivity index (χ0) is 36.1. The molecule has 6 rings (SSSR count). The number of aromatic hydroxyl groups is 2. The Morgan fingerprint density at radius 2 is 0.980 bits per heavy atom. The SMILES string of the molecule is Nc1ccc2c(O)c(/N=N/c3ccc(-c4ccc(/N=N/c5c(S(=O)(=O)O)cc6ccc(N)cc6c5O)c(F)c4)cc3F)c(S(=O)(=O)O)cc2c1. The molecule has 0 saturated heterocycles. The van der Waals surface area contributed by atoms with Crippen LogP contribution in [-0.4, -0.2) is 36.2 Å². The zero-order valence-electron chi connectivity index (χ0n) is 25.0. The molecule has 6 aromatic carbocycles. The summed E-state index contributed by atoms with van der Waals surface area (Å²) in [5.74, 6) is -3.27. The predicted molar refractivity (Wildman–Crippen MR) is 180 cm³/mol. The van der Waals surface area contributed by atoms with Gasteiger partial charge in [0.05, 0.1) is 0 Å². The number of phenols is 2. The van der Waals surface area contributed by atoms with Crippen LogP contribution in [0.25, 0.3) is 32.7 Å². The normalized spacial score (nSPS) is 12.5. The molecular formula is C32H22F2N6O8S2. The van der Waals surface area contributed by atoms with Gasteiger partial charge in [0, 0.05) is 22.1 Å². The predicted octanol–water partition coefficient (Wildman–Crippen LogP) is 7.84. The number of rotatable bonds is 7. The van der Waals surface area contributed by atoms with Crippen molar-refractivity contribution in [3.8, 4) is 22.6 Å². The Balaban J connectivity index is 1.31. The average molecular weight is 721 g/mol. The van der Waals surface area contributed by atoms with Crippen molar-refractivity contribution in [1.82, 2.24) is 0 Å². The van der Waals surface area contributed by atoms with Crippen molar-refractivity contribution in [2.24, 2.45) is 20.5 Å². The molecule has 0 aliphatic carbocycles. The van der Waals surface area contributed by atoms with E-state index in [4.69, 9.17) is 11.5 Å². The summed E-state index contributed by atoms with van der Waals surface area (Å²) in [5.41, 5.74) is 10.2. The topological polar surface area (TPSA) is 251 Å². The molecule has 6 aromatic rings. The minimum atomic E-state index is -4.92. The lowest BCUT2D eigenvalue weighted by molar-refractivity contribution is 0.471. The second-order valence-corrected chi connectivity index (χ2v) is 13.6. The van der Waals surface area contributed by atoms with E-state index in [1.165, 1.54) is 48.5 Å². The lowest BCUT2D eigenvalue weighted by Crippen LogP contribution is -1.99. The van der Waals surface area contributed by atoms with Crippen LogP contribution in [0.3, 0.4) is 0 Å². The van der Waals surface area contributed by atoms with Crippen LogP contribution < -0.4 is 11.5 Å². The maximum absolute atomic E-state index is 15.1. The fourth-order valence-electron chi connectivity index (χ4n) is 5.06. The van der Waals surface area contributed by atoms with Crippen molar-refractivity contribution in [2.75, 3.05) is 11.5 Å². The molecule has 0 atom stereocenters. The monoisotopic (exact) mass is 720 g/mol. The van der Waals surface area contributed by atoms with Gasteiger partial charge in [0.25, 0.3) is 20.2 Å². The van der Waals surface area contributed by atoms with Gasteiger partial charge >= 0.3 is 0 Å². The standard InChI is InChI=1S/C32H22F2N6O8S2/c33-23-10-15(2-7-25(23)37-39-29-28(50(46,47)48)13-18-9-19(35)5-6-21(18)31(29)41)16-3-8-26(24(34)11-16)38-40-30-27(49(43,44)45)12-17-1-4-20(36)14-22(17)32(30)42/h1-14,41-42H,35-36H2,(H,43,44,45)(H,46,47,48)/b39-37+,40-38+. The van der Waals surface area contributed by atoms with Crippen LogP contribution in [0.4, 0.5) is 42.9 Å². The summed E-state index contributed by atoms with van der Waals surface area (Å²) in [6, 6.07) is 17.5. The number of nitrogens with zero attached hydrogens (tertiary/aromatic N) is 4. The van der Waals surface area contributed by atoms with Crippen LogP contribution in [0.15, 0.2) is 115 Å². The number of anilines is 2. The molecule has 0 saturated carbocycles. The van der Waals surface area contributed by atoms with Crippen LogP contribution in [0.5, 0.6) is 11.5 Å². The maximum Gasteiger partial charge on any atom is 0.296 e. The van der Waals surface area contributed by atoms with Crippen LogP contribution in [0, 0.1) is 11.6 Å². The molecule has 254 valence electrons. The molecule has 0 bridgehead atoms. The van der Waals surface area contributed by atoms with Crippen molar-refractivity contribution < 1.29 is 44.9 Å². The van der Waals surface area contributed by atoms with Crippen molar-refractivity contribution in [3.63, 3.8) is 0 Å². The molecule has 0 radical (unpaired) electrons. The minimum absolute atomic E-state index is 0.103. The third-order valence-corrected chi connectivity index (χ3v) is 9.19. The molecule has 0 aliphatic heterocycles. The van der Waals surface area contributed by atoms with Crippen molar-refractivity contribution in [3.05, 3.63) is 96.6 Å². The van der Waals surface area contributed by atoms with E-state index < -0.39 is 75.9 Å². The molecule has 50 heavy (non-hydrogen) atoms. The fraction of sp³-hybridized carbons (Fsp3) is 0. The summed E-state index contributed by atoms with van der Waals surface area (Å²) >= 11 is 0. The highest BCUT2D eigenvalue weighted by Gasteiger charge is 2.24. The fourth-order valence-corrected chi connectivity index (χ4v) is 6.37.